The quantitative estimate of drug-likeness (QED) is 0.292. The summed E-state index contributed by atoms with van der Waals surface area (Å²) in [6, 6.07) is 12.0. The van der Waals surface area contributed by atoms with Crippen molar-refractivity contribution in [2.24, 2.45) is 7.05 Å². The van der Waals surface area contributed by atoms with E-state index in [0.29, 0.717) is 11.4 Å². The van der Waals surface area contributed by atoms with E-state index in [2.05, 4.69) is 5.32 Å². The van der Waals surface area contributed by atoms with Crippen molar-refractivity contribution >= 4 is 23.2 Å². The topological polar surface area (TPSA) is 75.0 Å². The third-order valence-corrected chi connectivity index (χ3v) is 2.79. The molecule has 0 atom stereocenters. The average Bonchev–Trinajstić information content (AvgIpc) is 2.86. The number of rotatable bonds is 4. The fraction of sp³-hybridized carbons (Fsp3) is 0.0667. The van der Waals surface area contributed by atoms with Gasteiger partial charge in [0.25, 0.3) is 5.91 Å². The maximum Gasteiger partial charge on any atom is 0.269 e. The second-order valence-corrected chi connectivity index (χ2v) is 4.15. The minimum absolute atomic E-state index is 0.323. The Bertz CT molecular complexity index is 695. The third kappa shape index (κ3) is 2.74. The molecule has 0 aliphatic heterocycles. The van der Waals surface area contributed by atoms with Gasteiger partial charge in [-0.2, -0.15) is 0 Å². The molecular formula is C15H13N3O2. The summed E-state index contributed by atoms with van der Waals surface area (Å²) in [7, 11) is 1.70. The number of Topliss-reactive ketones (excluding diaryl/α,β-unsaturated/α-hetero) is 1. The van der Waals surface area contributed by atoms with Gasteiger partial charge < -0.3 is 9.88 Å². The highest BCUT2D eigenvalue weighted by Crippen LogP contribution is 2.11. The van der Waals surface area contributed by atoms with Gasteiger partial charge in [-0.25, -0.2) is 0 Å². The van der Waals surface area contributed by atoms with Crippen molar-refractivity contribution in [2.75, 3.05) is 5.32 Å². The number of aryl methyl sites for hydroxylation is 1. The summed E-state index contributed by atoms with van der Waals surface area (Å²) in [6.07, 6.45) is 1.70. The highest BCUT2D eigenvalue weighted by molar-refractivity contribution is 6.32. The van der Waals surface area contributed by atoms with E-state index in [1.165, 1.54) is 0 Å². The molecule has 2 rings (SSSR count). The lowest BCUT2D eigenvalue weighted by Gasteiger charge is -2.06. The Morgan fingerprint density at radius 1 is 1.15 bits per heavy atom. The van der Waals surface area contributed by atoms with Crippen molar-refractivity contribution in [2.45, 2.75) is 0 Å². The van der Waals surface area contributed by atoms with Crippen LogP contribution in [0.2, 0.25) is 0 Å². The van der Waals surface area contributed by atoms with Crippen molar-refractivity contribution in [3.63, 3.8) is 0 Å². The maximum absolute atomic E-state index is 12.2. The Morgan fingerprint density at radius 2 is 1.85 bits per heavy atom. The summed E-state index contributed by atoms with van der Waals surface area (Å²) in [4.78, 5) is 24.2. The normalized spacial score (nSPS) is 9.65. The van der Waals surface area contributed by atoms with Gasteiger partial charge in [-0.05, 0) is 30.1 Å². The van der Waals surface area contributed by atoms with Crippen LogP contribution in [0.4, 0.5) is 5.69 Å². The van der Waals surface area contributed by atoms with Crippen LogP contribution in [0.1, 0.15) is 10.5 Å². The lowest BCUT2D eigenvalue weighted by Crippen LogP contribution is -2.22. The number of amides is 1. The van der Waals surface area contributed by atoms with Crippen LogP contribution in [0.3, 0.4) is 0 Å². The molecule has 2 N–H and O–H groups in total. The van der Waals surface area contributed by atoms with E-state index in [-0.39, 0.29) is 5.57 Å². The Morgan fingerprint density at radius 3 is 2.40 bits per heavy atom. The van der Waals surface area contributed by atoms with Gasteiger partial charge in [-0.1, -0.05) is 18.2 Å². The lowest BCUT2D eigenvalue weighted by molar-refractivity contribution is -0.112. The summed E-state index contributed by atoms with van der Waals surface area (Å²) < 4.78 is 1.59. The van der Waals surface area contributed by atoms with Gasteiger partial charge in [0, 0.05) is 18.9 Å². The summed E-state index contributed by atoms with van der Waals surface area (Å²) in [5.74, 6) is 0.761. The number of nitrogens with one attached hydrogen (secondary N) is 2. The van der Waals surface area contributed by atoms with Crippen LogP contribution < -0.4 is 5.32 Å². The van der Waals surface area contributed by atoms with Crippen LogP contribution in [-0.4, -0.2) is 22.1 Å². The van der Waals surface area contributed by atoms with Crippen molar-refractivity contribution < 1.29 is 9.59 Å². The standard InChI is InChI=1S/C15H13N3O2/c1-18-9-5-8-13(18)14(19)12(10-16)15(20)17-11-6-3-2-4-7-11/h2-9,16H,1H3,(H,17,20). The number of hydrogen-bond donors (Lipinski definition) is 2. The number of aromatic nitrogens is 1. The average molecular weight is 267 g/mol. The van der Waals surface area contributed by atoms with Crippen LogP contribution in [0.5, 0.6) is 0 Å². The SMILES string of the molecule is Cn1cccc1C(=O)C(=C=N)C(=O)Nc1ccccc1. The number of para-hydroxylation sites is 1. The number of benzene rings is 1. The third-order valence-electron chi connectivity index (χ3n) is 2.79. The minimum atomic E-state index is -0.641. The highest BCUT2D eigenvalue weighted by atomic mass is 16.2. The number of carbonyl (C=O) groups excluding carboxylic acids is 2. The predicted octanol–water partition coefficient (Wildman–Crippen LogP) is 2.02. The van der Waals surface area contributed by atoms with E-state index in [4.69, 9.17) is 5.41 Å². The second kappa shape index (κ2) is 5.82. The number of hydrogen-bond acceptors (Lipinski definition) is 3. The molecule has 0 aliphatic rings. The predicted molar refractivity (Wildman–Crippen MR) is 76.1 cm³/mol. The first-order valence-corrected chi connectivity index (χ1v) is 5.95. The first-order valence-electron chi connectivity index (χ1n) is 5.95. The zero-order valence-electron chi connectivity index (χ0n) is 10.9. The van der Waals surface area contributed by atoms with Crippen LogP contribution in [0, 0.1) is 5.41 Å². The molecule has 0 saturated heterocycles. The Balaban J connectivity index is 2.21. The first-order chi connectivity index (χ1) is 9.63. The van der Waals surface area contributed by atoms with Gasteiger partial charge in [0.05, 0.1) is 5.69 Å². The fourth-order valence-electron chi connectivity index (χ4n) is 1.76. The van der Waals surface area contributed by atoms with Crippen LogP contribution in [0.15, 0.2) is 54.2 Å². The molecule has 0 saturated carbocycles. The minimum Gasteiger partial charge on any atom is -0.348 e. The number of anilines is 1. The molecule has 0 bridgehead atoms. The van der Waals surface area contributed by atoms with Crippen molar-refractivity contribution in [3.8, 4) is 0 Å². The zero-order chi connectivity index (χ0) is 14.5. The largest absolute Gasteiger partial charge is 0.348 e. The van der Waals surface area contributed by atoms with E-state index in [0.717, 1.165) is 0 Å². The van der Waals surface area contributed by atoms with E-state index in [1.54, 1.807) is 54.2 Å². The van der Waals surface area contributed by atoms with E-state index in [9.17, 15) is 9.59 Å². The molecule has 0 spiro atoms. The monoisotopic (exact) mass is 267 g/mol. The molecule has 1 amide bonds. The molecular weight excluding hydrogens is 254 g/mol. The van der Waals surface area contributed by atoms with Crippen LogP contribution in [0.25, 0.3) is 0 Å². The van der Waals surface area contributed by atoms with Crippen molar-refractivity contribution in [1.29, 1.82) is 5.41 Å². The smallest absolute Gasteiger partial charge is 0.269 e. The Hall–Kier alpha value is -2.91. The van der Waals surface area contributed by atoms with Crippen molar-refractivity contribution in [3.05, 3.63) is 59.9 Å². The van der Waals surface area contributed by atoms with Gasteiger partial charge in [0.15, 0.2) is 0 Å². The van der Waals surface area contributed by atoms with Gasteiger partial charge in [-0.15, -0.1) is 0 Å². The van der Waals surface area contributed by atoms with Gasteiger partial charge in [0.2, 0.25) is 5.78 Å². The molecule has 1 heterocycles. The molecule has 0 radical (unpaired) electrons. The summed E-state index contributed by atoms with van der Waals surface area (Å²) in [6.45, 7) is 0. The second-order valence-electron chi connectivity index (χ2n) is 4.15. The van der Waals surface area contributed by atoms with E-state index >= 15 is 0 Å². The molecule has 5 nitrogen and oxygen atoms in total. The molecule has 0 aliphatic carbocycles. The molecule has 1 aromatic carbocycles. The number of ketones is 1. The molecule has 0 unspecified atom stereocenters. The molecule has 1 aromatic heterocycles. The lowest BCUT2D eigenvalue weighted by atomic mass is 10.1. The summed E-state index contributed by atoms with van der Waals surface area (Å²) in [5.41, 5.74) is 0.573. The maximum atomic E-state index is 12.2. The van der Waals surface area contributed by atoms with Crippen LogP contribution >= 0.6 is 0 Å². The van der Waals surface area contributed by atoms with Crippen molar-refractivity contribution in [1.82, 2.24) is 4.57 Å². The molecule has 20 heavy (non-hydrogen) atoms. The van der Waals surface area contributed by atoms with E-state index in [1.807, 2.05) is 11.9 Å². The fourth-order valence-corrected chi connectivity index (χ4v) is 1.76. The number of nitrogens with zero attached hydrogens (tertiary/aromatic N) is 1. The molecule has 100 valence electrons. The summed E-state index contributed by atoms with van der Waals surface area (Å²) in [5, 5.41) is 9.75. The molecule has 0 fully saturated rings. The van der Waals surface area contributed by atoms with Gasteiger partial charge in [0.1, 0.15) is 5.57 Å². The highest BCUT2D eigenvalue weighted by Gasteiger charge is 2.22. The first kappa shape index (κ1) is 13.5. The number of carbonyl (C=O) groups is 2. The zero-order valence-corrected chi connectivity index (χ0v) is 10.9. The van der Waals surface area contributed by atoms with Gasteiger partial charge >= 0.3 is 0 Å². The van der Waals surface area contributed by atoms with Gasteiger partial charge in [-0.3, -0.25) is 15.0 Å². The molecule has 5 heteroatoms. The summed E-state index contributed by atoms with van der Waals surface area (Å²) >= 11 is 0. The molecule has 2 aromatic rings. The Labute approximate surface area is 116 Å². The van der Waals surface area contributed by atoms with Crippen LogP contribution in [-0.2, 0) is 11.8 Å². The Kier molecular flexibility index (Phi) is 3.93. The van der Waals surface area contributed by atoms with E-state index < -0.39 is 11.7 Å².